The van der Waals surface area contributed by atoms with E-state index in [-0.39, 0.29) is 49.8 Å². The number of halogens is 1. The maximum absolute atomic E-state index is 12.8. The van der Waals surface area contributed by atoms with Crippen LogP contribution in [0, 0.1) is 0 Å². The van der Waals surface area contributed by atoms with Crippen LogP contribution in [0.4, 0.5) is 9.59 Å². The zero-order valence-corrected chi connectivity index (χ0v) is 78.4. The highest BCUT2D eigenvalue weighted by atomic mass is 35.5. The fraction of sp³-hybridized carbons (Fsp3) is 0.591. The van der Waals surface area contributed by atoms with Crippen molar-refractivity contribution in [1.29, 1.82) is 0 Å². The van der Waals surface area contributed by atoms with Crippen LogP contribution >= 0.6 is 56.9 Å². The van der Waals surface area contributed by atoms with Gasteiger partial charge in [-0.15, -0.1) is 45.3 Å². The third-order valence-electron chi connectivity index (χ3n) is 27.3. The number of nitrogens with zero attached hydrogens (tertiary/aromatic N) is 15. The van der Waals surface area contributed by atoms with E-state index < -0.39 is 10.0 Å². The lowest BCUT2D eigenvalue weighted by atomic mass is 9.91. The number of sulfonamides is 1. The van der Waals surface area contributed by atoms with Crippen molar-refractivity contribution in [3.8, 4) is 17.6 Å². The number of amides is 2. The van der Waals surface area contributed by atoms with Crippen molar-refractivity contribution in [2.75, 3.05) is 138 Å². The van der Waals surface area contributed by atoms with E-state index in [0.717, 1.165) is 289 Å². The van der Waals surface area contributed by atoms with Crippen molar-refractivity contribution in [2.45, 2.75) is 216 Å². The number of aliphatic hydroxyl groups is 1. The van der Waals surface area contributed by atoms with Crippen molar-refractivity contribution in [3.05, 3.63) is 144 Å². The predicted molar refractivity (Wildman–Crippen MR) is 498 cm³/mol. The molecule has 692 valence electrons. The molecule has 2 aromatic carbocycles. The second-order valence-corrected chi connectivity index (χ2v) is 42.0. The molecule has 2 amide bonds. The molecule has 36 heteroatoms. The van der Waals surface area contributed by atoms with Gasteiger partial charge in [0, 0.05) is 141 Å². The van der Waals surface area contributed by atoms with E-state index in [1.807, 2.05) is 60.7 Å². The highest BCUT2D eigenvalue weighted by Gasteiger charge is 2.38. The number of rotatable bonds is 15. The summed E-state index contributed by atoms with van der Waals surface area (Å²) in [7, 11) is -3.23. The van der Waals surface area contributed by atoms with Crippen LogP contribution in [0.15, 0.2) is 86.0 Å². The number of aromatic nitrogens is 8. The minimum atomic E-state index is -3.23. The fourth-order valence-electron chi connectivity index (χ4n) is 20.2. The van der Waals surface area contributed by atoms with E-state index in [1.165, 1.54) is 67.6 Å². The number of hydrogen-bond acceptors (Lipinski definition) is 31. The van der Waals surface area contributed by atoms with Gasteiger partial charge in [-0.1, -0.05) is 72.3 Å². The van der Waals surface area contributed by atoms with Crippen LogP contribution in [-0.4, -0.2) is 286 Å². The molecular weight excluding hydrogens is 1760 g/mol. The predicted octanol–water partition coefficient (Wildman–Crippen LogP) is 13.5. The summed E-state index contributed by atoms with van der Waals surface area (Å²) in [5, 5.41) is 17.2. The summed E-state index contributed by atoms with van der Waals surface area (Å²) in [6, 6.07) is 22.1. The number of carbonyl (C=O) groups excluding carboxylic acids is 2. The lowest BCUT2D eigenvalue weighted by Gasteiger charge is -2.38. The molecule has 0 radical (unpaired) electrons. The molecule has 8 aliphatic heterocycles. The standard InChI is InChI=1S/C27H32N4O4S.C20H28N4O4S2.C19H26N4O2S.C17H14ClN3O2S.C10H19NO2/c32-27(34-17-19-4-2-1-3-5-19)31-11-10-23-22(16-31)24-25(28-18-29-26(24)36-23)35-21-8-6-20(7-9-21)30-12-14-33-15-13-30;1-30(25,26)24-7-6-17-16(12-24)18-19(21-13-22-20(18)29-17)28-15-4-2-14(3-5-15)23-8-10-27-11-9-23;1-3-14(4-2-13(1)23-7-9-24-10-8-23)25-18-17-15-11-20-6-5-16(15)26-19(17)22-12-21-18;18-15-14-12-8-21(7-6-13(12)24-16(14)20-10-19-15)17(22)23-9-11-4-2-1-3-5-11;12-10-3-1-9(2-4-10)11-5-7-13-8-6-11/h1-5,18,20-21H,6-17H2;13-15H,2-12H2,1H3;12-14,20H,1-11H2;1-5,10H,6-9H2;9-10,12H,1-8H2. The molecule has 0 spiro atoms. The van der Waals surface area contributed by atoms with Crippen molar-refractivity contribution < 1.29 is 65.7 Å². The first-order valence-electron chi connectivity index (χ1n) is 46.4. The maximum Gasteiger partial charge on any atom is 0.410 e. The largest absolute Gasteiger partial charge is 0.474 e. The molecule has 16 heterocycles. The van der Waals surface area contributed by atoms with Crippen LogP contribution < -0.4 is 19.5 Å². The highest BCUT2D eigenvalue weighted by molar-refractivity contribution is 7.88. The lowest BCUT2D eigenvalue weighted by Crippen LogP contribution is -2.46. The Kier molecular flexibility index (Phi) is 31.3. The van der Waals surface area contributed by atoms with Crippen molar-refractivity contribution in [1.82, 2.24) is 78.9 Å². The first-order chi connectivity index (χ1) is 63.2. The Morgan fingerprint density at radius 3 is 1.14 bits per heavy atom. The summed E-state index contributed by atoms with van der Waals surface area (Å²) in [6.45, 7) is 21.0. The molecule has 129 heavy (non-hydrogen) atoms. The monoisotopic (exact) mass is 1880 g/mol. The fourth-order valence-corrected chi connectivity index (χ4v) is 25.8. The van der Waals surface area contributed by atoms with E-state index in [0.29, 0.717) is 86.8 Å². The number of nitrogens with one attached hydrogen (secondary N) is 1. The van der Waals surface area contributed by atoms with Gasteiger partial charge in [-0.3, -0.25) is 19.6 Å². The number of carbonyl (C=O) groups is 2. The van der Waals surface area contributed by atoms with Gasteiger partial charge in [-0.2, -0.15) is 4.31 Å². The molecule has 22 rings (SSSR count). The topological polar surface area (TPSA) is 309 Å². The SMILES string of the molecule is CS(=O)(=O)N1CCc2sc3ncnc(OC4CCC(N5CCOCC5)CC4)c3c2C1.O=C(OCc1ccccc1)N1CCc2sc3ncnc(Cl)c3c2C1.O=C(OCc1ccccc1)N1CCc2sc3ncnc(OC4CCC(N5CCOCC5)CC4)c3c2C1.OC1CCC(N2CCOCC2)CC1.c1nc(OC2CCC(N3CCOCC3)CC2)c2c3c(sc2n1)CCNC3. The molecule has 0 unspecified atom stereocenters. The summed E-state index contributed by atoms with van der Waals surface area (Å²) >= 11 is 13.0. The Bertz CT molecular complexity index is 5470. The van der Waals surface area contributed by atoms with Crippen LogP contribution in [0.2, 0.25) is 5.15 Å². The molecule has 10 aromatic rings. The molecule has 4 saturated carbocycles. The number of morpholine rings is 4. The number of ether oxygens (including phenoxy) is 9. The molecule has 8 aromatic heterocycles. The number of benzene rings is 2. The van der Waals surface area contributed by atoms with Gasteiger partial charge in [0.25, 0.3) is 0 Å². The molecule has 4 aliphatic carbocycles. The van der Waals surface area contributed by atoms with Gasteiger partial charge in [0.2, 0.25) is 27.7 Å². The molecule has 2 N–H and O–H groups in total. The van der Waals surface area contributed by atoms with Gasteiger partial charge in [0.1, 0.15) is 81.3 Å². The normalized spacial score (nSPS) is 24.4. The third-order valence-corrected chi connectivity index (χ3v) is 33.6. The summed E-state index contributed by atoms with van der Waals surface area (Å²) in [5.41, 5.74) is 6.48. The van der Waals surface area contributed by atoms with E-state index in [2.05, 4.69) is 64.8 Å². The van der Waals surface area contributed by atoms with Gasteiger partial charge in [-0.05, 0) is 156 Å². The number of hydrogen-bond donors (Lipinski definition) is 2. The van der Waals surface area contributed by atoms with Crippen LogP contribution in [0.5, 0.6) is 17.6 Å². The van der Waals surface area contributed by atoms with Gasteiger partial charge >= 0.3 is 12.2 Å². The van der Waals surface area contributed by atoms with Crippen LogP contribution in [-0.2, 0) is 104 Å². The number of fused-ring (bicyclic) bond motifs is 12. The first kappa shape index (κ1) is 91.8. The van der Waals surface area contributed by atoms with Crippen molar-refractivity contribution >= 4 is 120 Å². The molecule has 12 aliphatic rings. The minimum Gasteiger partial charge on any atom is -0.474 e. The van der Waals surface area contributed by atoms with Crippen LogP contribution in [0.1, 0.15) is 156 Å². The summed E-state index contributed by atoms with van der Waals surface area (Å²) < 4.78 is 77.8. The second kappa shape index (κ2) is 44.0. The van der Waals surface area contributed by atoms with Gasteiger partial charge < -0.3 is 62.9 Å². The Morgan fingerprint density at radius 2 is 0.752 bits per heavy atom. The van der Waals surface area contributed by atoms with Crippen LogP contribution in [0.25, 0.3) is 40.9 Å². The summed E-state index contributed by atoms with van der Waals surface area (Å²) in [4.78, 5) is 83.2. The van der Waals surface area contributed by atoms with E-state index in [4.69, 9.17) is 54.2 Å². The van der Waals surface area contributed by atoms with Gasteiger partial charge in [0.15, 0.2) is 0 Å². The molecule has 4 saturated heterocycles. The first-order valence-corrected chi connectivity index (χ1v) is 51.9. The molecular formula is C93H119ClN16O14S5. The Labute approximate surface area is 775 Å². The van der Waals surface area contributed by atoms with Crippen molar-refractivity contribution in [2.24, 2.45) is 0 Å². The van der Waals surface area contributed by atoms with E-state index in [1.54, 1.807) is 74.1 Å². The quantitative estimate of drug-likeness (QED) is 0.0901. The van der Waals surface area contributed by atoms with Crippen molar-refractivity contribution in [3.63, 3.8) is 0 Å². The molecule has 30 nitrogen and oxygen atoms in total. The van der Waals surface area contributed by atoms with E-state index in [9.17, 15) is 23.1 Å². The highest BCUT2D eigenvalue weighted by Crippen LogP contribution is 2.45. The number of aliphatic hydroxyl groups excluding tert-OH is 1. The lowest BCUT2D eigenvalue weighted by molar-refractivity contribution is -0.00366. The van der Waals surface area contributed by atoms with Gasteiger partial charge in [-0.25, -0.2) is 57.9 Å². The van der Waals surface area contributed by atoms with Crippen LogP contribution in [0.3, 0.4) is 0 Å². The Hall–Kier alpha value is -7.66. The molecule has 8 fully saturated rings. The minimum absolute atomic E-state index is 0.0303. The van der Waals surface area contributed by atoms with Gasteiger partial charge in [0.05, 0.1) is 99.8 Å². The average Bonchev–Trinajstić information content (AvgIpc) is 1.62. The third kappa shape index (κ3) is 23.1. The molecule has 0 bridgehead atoms. The smallest absolute Gasteiger partial charge is 0.410 e. The zero-order valence-electron chi connectivity index (χ0n) is 73.6. The zero-order chi connectivity index (χ0) is 88.0. The maximum atomic E-state index is 12.8. The Balaban J connectivity index is 0.000000112. The van der Waals surface area contributed by atoms with E-state index >= 15 is 0 Å². The average molecular weight is 1880 g/mol. The summed E-state index contributed by atoms with van der Waals surface area (Å²) in [6.07, 6.45) is 28.5. The number of thiophene rings is 4. The Morgan fingerprint density at radius 1 is 0.419 bits per heavy atom. The second-order valence-electron chi connectivity index (χ2n) is 35.3. The molecule has 0 atom stereocenters. The summed E-state index contributed by atoms with van der Waals surface area (Å²) in [5.74, 6) is 2.07.